The molecular formula is C27H26O4. The van der Waals surface area contributed by atoms with Crippen LogP contribution in [0.2, 0.25) is 0 Å². The molecule has 0 amide bonds. The summed E-state index contributed by atoms with van der Waals surface area (Å²) in [6, 6.07) is 19.0. The van der Waals surface area contributed by atoms with Crippen molar-refractivity contribution in [3.63, 3.8) is 0 Å². The van der Waals surface area contributed by atoms with E-state index in [0.717, 1.165) is 29.9 Å². The molecule has 0 bridgehead atoms. The van der Waals surface area contributed by atoms with E-state index in [4.69, 9.17) is 14.6 Å². The number of ether oxygens (including phenoxy) is 2. The van der Waals surface area contributed by atoms with Gasteiger partial charge in [0.2, 0.25) is 0 Å². The van der Waals surface area contributed by atoms with Crippen molar-refractivity contribution in [1.82, 2.24) is 0 Å². The van der Waals surface area contributed by atoms with E-state index in [1.807, 2.05) is 18.2 Å². The Hall–Kier alpha value is -3.27. The summed E-state index contributed by atoms with van der Waals surface area (Å²) in [7, 11) is 0. The lowest BCUT2D eigenvalue weighted by atomic mass is 9.93. The van der Waals surface area contributed by atoms with Crippen LogP contribution in [0.3, 0.4) is 0 Å². The molecule has 1 unspecified atom stereocenters. The highest BCUT2D eigenvalue weighted by atomic mass is 16.5. The topological polar surface area (TPSA) is 55.8 Å². The summed E-state index contributed by atoms with van der Waals surface area (Å²) in [6.45, 7) is 4.75. The van der Waals surface area contributed by atoms with Crippen molar-refractivity contribution in [2.75, 3.05) is 6.61 Å². The fraction of sp³-hybridized carbons (Fsp3) is 0.296. The van der Waals surface area contributed by atoms with E-state index in [0.29, 0.717) is 6.61 Å². The molecule has 5 rings (SSSR count). The van der Waals surface area contributed by atoms with Gasteiger partial charge in [-0.05, 0) is 66.1 Å². The predicted octanol–water partition coefficient (Wildman–Crippen LogP) is 5.99. The van der Waals surface area contributed by atoms with Crippen LogP contribution in [0.1, 0.15) is 52.7 Å². The van der Waals surface area contributed by atoms with Gasteiger partial charge in [-0.25, -0.2) is 0 Å². The van der Waals surface area contributed by atoms with Crippen molar-refractivity contribution in [3.8, 4) is 22.6 Å². The van der Waals surface area contributed by atoms with Gasteiger partial charge in [-0.1, -0.05) is 42.5 Å². The highest BCUT2D eigenvalue weighted by Crippen LogP contribution is 2.42. The van der Waals surface area contributed by atoms with Crippen LogP contribution in [0, 0.1) is 13.8 Å². The van der Waals surface area contributed by atoms with Gasteiger partial charge in [0.25, 0.3) is 0 Å². The third-order valence-corrected chi connectivity index (χ3v) is 6.50. The number of rotatable bonds is 5. The van der Waals surface area contributed by atoms with Crippen LogP contribution in [-0.4, -0.2) is 17.7 Å². The summed E-state index contributed by atoms with van der Waals surface area (Å²) in [5.41, 5.74) is 8.74. The smallest absolute Gasteiger partial charge is 0.304 e. The highest BCUT2D eigenvalue weighted by molar-refractivity contribution is 5.72. The molecule has 4 heteroatoms. The SMILES string of the molecule is Cc1cccc(C)c1-c1ccc2c(c1)CC[C@H]2Oc1ccc2c(c1)OCC2CC(=O)O. The zero-order valence-electron chi connectivity index (χ0n) is 17.9. The first kappa shape index (κ1) is 19.7. The minimum Gasteiger partial charge on any atom is -0.492 e. The second-order valence-electron chi connectivity index (χ2n) is 8.63. The van der Waals surface area contributed by atoms with E-state index < -0.39 is 5.97 Å². The summed E-state index contributed by atoms with van der Waals surface area (Å²) in [4.78, 5) is 11.1. The van der Waals surface area contributed by atoms with Crippen LogP contribution in [0.4, 0.5) is 0 Å². The van der Waals surface area contributed by atoms with Gasteiger partial charge in [0.1, 0.15) is 17.6 Å². The Morgan fingerprint density at radius 2 is 1.84 bits per heavy atom. The number of aliphatic carboxylic acids is 1. The second kappa shape index (κ2) is 7.77. The largest absolute Gasteiger partial charge is 0.492 e. The van der Waals surface area contributed by atoms with E-state index in [1.165, 1.54) is 33.4 Å². The maximum Gasteiger partial charge on any atom is 0.304 e. The maximum atomic E-state index is 11.1. The molecule has 2 aliphatic rings. The lowest BCUT2D eigenvalue weighted by Crippen LogP contribution is -2.07. The summed E-state index contributed by atoms with van der Waals surface area (Å²) in [5.74, 6) is 0.625. The molecule has 1 aliphatic heterocycles. The average Bonchev–Trinajstić information content (AvgIpc) is 3.31. The lowest BCUT2D eigenvalue weighted by Gasteiger charge is -2.17. The first-order chi connectivity index (χ1) is 15.0. The molecule has 1 N–H and O–H groups in total. The van der Waals surface area contributed by atoms with E-state index >= 15 is 0 Å². The third-order valence-electron chi connectivity index (χ3n) is 6.50. The molecule has 158 valence electrons. The van der Waals surface area contributed by atoms with Crippen LogP contribution in [0.15, 0.2) is 54.6 Å². The van der Waals surface area contributed by atoms with Gasteiger partial charge in [0.15, 0.2) is 0 Å². The summed E-state index contributed by atoms with van der Waals surface area (Å²) < 4.78 is 12.1. The Morgan fingerprint density at radius 1 is 1.06 bits per heavy atom. The first-order valence-electron chi connectivity index (χ1n) is 10.8. The third kappa shape index (κ3) is 3.67. The zero-order chi connectivity index (χ0) is 21.5. The quantitative estimate of drug-likeness (QED) is 0.557. The van der Waals surface area contributed by atoms with E-state index in [-0.39, 0.29) is 18.4 Å². The molecule has 3 aromatic rings. The Labute approximate surface area is 182 Å². The van der Waals surface area contributed by atoms with E-state index in [1.54, 1.807) is 0 Å². The summed E-state index contributed by atoms with van der Waals surface area (Å²) in [5, 5.41) is 9.08. The first-order valence-corrected chi connectivity index (χ1v) is 10.8. The minimum absolute atomic E-state index is 0.0243. The van der Waals surface area contributed by atoms with Crippen molar-refractivity contribution in [1.29, 1.82) is 0 Å². The van der Waals surface area contributed by atoms with Gasteiger partial charge in [0.05, 0.1) is 13.0 Å². The normalized spacial score (nSPS) is 18.9. The van der Waals surface area contributed by atoms with Gasteiger partial charge >= 0.3 is 5.97 Å². The average molecular weight is 415 g/mol. The van der Waals surface area contributed by atoms with Crippen molar-refractivity contribution in [3.05, 3.63) is 82.4 Å². The molecule has 2 atom stereocenters. The number of carboxylic acid groups (broad SMARTS) is 1. The van der Waals surface area contributed by atoms with Gasteiger partial charge in [-0.2, -0.15) is 0 Å². The lowest BCUT2D eigenvalue weighted by molar-refractivity contribution is -0.137. The number of aryl methyl sites for hydroxylation is 3. The van der Waals surface area contributed by atoms with Gasteiger partial charge in [-0.3, -0.25) is 4.79 Å². The fourth-order valence-electron chi connectivity index (χ4n) is 5.00. The molecule has 3 aromatic carbocycles. The van der Waals surface area contributed by atoms with Crippen LogP contribution in [0.5, 0.6) is 11.5 Å². The van der Waals surface area contributed by atoms with Crippen molar-refractivity contribution in [2.45, 2.75) is 45.1 Å². The van der Waals surface area contributed by atoms with E-state index in [2.05, 4.69) is 50.2 Å². The standard InChI is InChI=1S/C27H26O4/c1-16-4-3-5-17(2)27(16)19-6-9-22-18(12-19)7-11-24(22)31-21-8-10-23-20(13-26(28)29)15-30-25(23)14-21/h3-6,8-10,12,14,20,24H,7,11,13,15H2,1-2H3,(H,28,29)/t20?,24-/m1/s1. The summed E-state index contributed by atoms with van der Waals surface area (Å²) >= 11 is 0. The highest BCUT2D eigenvalue weighted by Gasteiger charge is 2.28. The molecule has 0 fully saturated rings. The Bertz CT molecular complexity index is 1140. The van der Waals surface area contributed by atoms with Crippen LogP contribution in [-0.2, 0) is 11.2 Å². The Morgan fingerprint density at radius 3 is 2.61 bits per heavy atom. The molecule has 1 heterocycles. The number of hydrogen-bond acceptors (Lipinski definition) is 3. The monoisotopic (exact) mass is 414 g/mol. The minimum atomic E-state index is -0.801. The van der Waals surface area contributed by atoms with Crippen molar-refractivity contribution in [2.24, 2.45) is 0 Å². The number of fused-ring (bicyclic) bond motifs is 2. The van der Waals surface area contributed by atoms with Crippen LogP contribution >= 0.6 is 0 Å². The predicted molar refractivity (Wildman–Crippen MR) is 120 cm³/mol. The fourth-order valence-corrected chi connectivity index (χ4v) is 5.00. The Kier molecular flexibility index (Phi) is 4.93. The molecule has 31 heavy (non-hydrogen) atoms. The second-order valence-corrected chi connectivity index (χ2v) is 8.63. The van der Waals surface area contributed by atoms with Crippen molar-refractivity contribution >= 4 is 5.97 Å². The molecule has 0 radical (unpaired) electrons. The van der Waals surface area contributed by atoms with Gasteiger partial charge in [-0.15, -0.1) is 0 Å². The van der Waals surface area contributed by atoms with Crippen LogP contribution in [0.25, 0.3) is 11.1 Å². The molecule has 1 aliphatic carbocycles. The molecule has 0 saturated carbocycles. The molecule has 0 saturated heterocycles. The summed E-state index contributed by atoms with van der Waals surface area (Å²) in [6.07, 6.45) is 2.06. The number of carbonyl (C=O) groups is 1. The Balaban J connectivity index is 1.36. The van der Waals surface area contributed by atoms with E-state index in [9.17, 15) is 4.79 Å². The van der Waals surface area contributed by atoms with Crippen LogP contribution < -0.4 is 9.47 Å². The van der Waals surface area contributed by atoms with Gasteiger partial charge in [0, 0.05) is 17.5 Å². The van der Waals surface area contributed by atoms with Crippen molar-refractivity contribution < 1.29 is 19.4 Å². The zero-order valence-corrected chi connectivity index (χ0v) is 17.9. The molecular weight excluding hydrogens is 388 g/mol. The van der Waals surface area contributed by atoms with Gasteiger partial charge < -0.3 is 14.6 Å². The molecule has 0 spiro atoms. The molecule has 0 aromatic heterocycles. The maximum absolute atomic E-state index is 11.1. The number of benzene rings is 3. The molecule has 4 nitrogen and oxygen atoms in total. The number of hydrogen-bond donors (Lipinski definition) is 1. The number of carboxylic acids is 1.